The maximum absolute atomic E-state index is 13.9. The van der Waals surface area contributed by atoms with E-state index in [0.717, 1.165) is 16.5 Å². The zero-order valence-corrected chi connectivity index (χ0v) is 10.6. The summed E-state index contributed by atoms with van der Waals surface area (Å²) < 4.78 is 21.4. The molecule has 3 aromatic rings. The van der Waals surface area contributed by atoms with E-state index in [2.05, 4.69) is 0 Å². The molecule has 96 valence electrons. The molecule has 0 amide bonds. The Morgan fingerprint density at radius 2 is 1.89 bits per heavy atom. The Bertz CT molecular complexity index is 703. The molecule has 0 N–H and O–H groups in total. The number of aryl methyl sites for hydroxylation is 1. The molecule has 2 nitrogen and oxygen atoms in total. The summed E-state index contributed by atoms with van der Waals surface area (Å²) >= 11 is 0. The van der Waals surface area contributed by atoms with Gasteiger partial charge in [-0.1, -0.05) is 30.3 Å². The minimum atomic E-state index is -0.324. The molecule has 0 atom stereocenters. The molecule has 1 heterocycles. The molecule has 3 rings (SSSR count). The second-order valence-electron chi connectivity index (χ2n) is 4.54. The van der Waals surface area contributed by atoms with Crippen molar-refractivity contribution in [3.05, 3.63) is 66.1 Å². The van der Waals surface area contributed by atoms with Crippen LogP contribution in [0, 0.1) is 5.82 Å². The SMILES string of the molecule is Cn1ccc2cc(F)c(OCc3ccccc3)cc21. The highest BCUT2D eigenvalue weighted by atomic mass is 19.1. The van der Waals surface area contributed by atoms with Crippen molar-refractivity contribution in [2.75, 3.05) is 0 Å². The molecule has 0 saturated heterocycles. The van der Waals surface area contributed by atoms with Gasteiger partial charge in [0.2, 0.25) is 0 Å². The molecule has 0 bridgehead atoms. The third-order valence-electron chi connectivity index (χ3n) is 3.18. The number of nitrogens with zero attached hydrogens (tertiary/aromatic N) is 1. The third-order valence-corrected chi connectivity index (χ3v) is 3.18. The van der Waals surface area contributed by atoms with E-state index >= 15 is 0 Å². The molecule has 0 aliphatic carbocycles. The van der Waals surface area contributed by atoms with Crippen LogP contribution in [0.25, 0.3) is 10.9 Å². The van der Waals surface area contributed by atoms with Gasteiger partial charge in [0.1, 0.15) is 6.61 Å². The first kappa shape index (κ1) is 11.8. The van der Waals surface area contributed by atoms with Gasteiger partial charge >= 0.3 is 0 Å². The molecule has 2 aromatic carbocycles. The van der Waals surface area contributed by atoms with Crippen LogP contribution in [-0.2, 0) is 13.7 Å². The molecule has 1 aromatic heterocycles. The van der Waals surface area contributed by atoms with Gasteiger partial charge in [0.05, 0.1) is 5.52 Å². The Labute approximate surface area is 111 Å². The zero-order valence-electron chi connectivity index (χ0n) is 10.6. The van der Waals surface area contributed by atoms with Gasteiger partial charge in [-0.2, -0.15) is 0 Å². The average Bonchev–Trinajstić information content (AvgIpc) is 2.78. The van der Waals surface area contributed by atoms with Crippen LogP contribution in [0.4, 0.5) is 4.39 Å². The van der Waals surface area contributed by atoms with Crippen molar-refractivity contribution in [1.82, 2.24) is 4.57 Å². The quantitative estimate of drug-likeness (QED) is 0.692. The Morgan fingerprint density at radius 3 is 2.68 bits per heavy atom. The maximum Gasteiger partial charge on any atom is 0.165 e. The van der Waals surface area contributed by atoms with Crippen molar-refractivity contribution in [2.24, 2.45) is 7.05 Å². The van der Waals surface area contributed by atoms with E-state index in [9.17, 15) is 4.39 Å². The molecule has 0 fully saturated rings. The molecule has 0 saturated carbocycles. The normalized spacial score (nSPS) is 10.8. The van der Waals surface area contributed by atoms with Crippen LogP contribution in [0.5, 0.6) is 5.75 Å². The third kappa shape index (κ3) is 2.32. The zero-order chi connectivity index (χ0) is 13.2. The minimum absolute atomic E-state index is 0.290. The lowest BCUT2D eigenvalue weighted by Gasteiger charge is -2.08. The highest BCUT2D eigenvalue weighted by molar-refractivity contribution is 5.81. The van der Waals surface area contributed by atoms with Crippen LogP contribution in [0.3, 0.4) is 0 Å². The number of hydrogen-bond acceptors (Lipinski definition) is 1. The van der Waals surface area contributed by atoms with E-state index in [1.807, 2.05) is 54.2 Å². The summed E-state index contributed by atoms with van der Waals surface area (Å²) in [4.78, 5) is 0. The van der Waals surface area contributed by atoms with Crippen LogP contribution in [0.15, 0.2) is 54.7 Å². The van der Waals surface area contributed by atoms with Crippen LogP contribution in [0.2, 0.25) is 0 Å². The first-order valence-electron chi connectivity index (χ1n) is 6.15. The molecule has 0 spiro atoms. The van der Waals surface area contributed by atoms with Gasteiger partial charge in [0, 0.05) is 24.7 Å². The van der Waals surface area contributed by atoms with E-state index in [1.54, 1.807) is 6.07 Å². The smallest absolute Gasteiger partial charge is 0.165 e. The van der Waals surface area contributed by atoms with Gasteiger partial charge in [0.15, 0.2) is 11.6 Å². The summed E-state index contributed by atoms with van der Waals surface area (Å²) in [5.41, 5.74) is 1.98. The van der Waals surface area contributed by atoms with Gasteiger partial charge in [0.25, 0.3) is 0 Å². The number of halogens is 1. The van der Waals surface area contributed by atoms with Crippen LogP contribution >= 0.6 is 0 Å². The van der Waals surface area contributed by atoms with Crippen molar-refractivity contribution in [3.8, 4) is 5.75 Å². The monoisotopic (exact) mass is 255 g/mol. The second kappa shape index (κ2) is 4.76. The lowest BCUT2D eigenvalue weighted by molar-refractivity contribution is 0.291. The lowest BCUT2D eigenvalue weighted by Crippen LogP contribution is -1.97. The summed E-state index contributed by atoms with van der Waals surface area (Å²) in [6.07, 6.45) is 1.91. The molecular weight excluding hydrogens is 241 g/mol. The Kier molecular flexibility index (Phi) is 2.95. The van der Waals surface area contributed by atoms with Crippen molar-refractivity contribution < 1.29 is 9.13 Å². The van der Waals surface area contributed by atoms with Gasteiger partial charge in [-0.05, 0) is 17.7 Å². The standard InChI is InChI=1S/C16H14FNO/c1-18-8-7-13-9-14(17)16(10-15(13)18)19-11-12-5-3-2-4-6-12/h2-10H,11H2,1H3. The summed E-state index contributed by atoms with van der Waals surface area (Å²) in [6.45, 7) is 0.369. The topological polar surface area (TPSA) is 14.2 Å². The first-order valence-corrected chi connectivity index (χ1v) is 6.15. The molecular formula is C16H14FNO. The molecule has 19 heavy (non-hydrogen) atoms. The van der Waals surface area contributed by atoms with E-state index in [4.69, 9.17) is 4.74 Å². The number of hydrogen-bond donors (Lipinski definition) is 0. The fourth-order valence-electron chi connectivity index (χ4n) is 2.12. The number of fused-ring (bicyclic) bond motifs is 1. The first-order chi connectivity index (χ1) is 9.24. The van der Waals surface area contributed by atoms with Gasteiger partial charge < -0.3 is 9.30 Å². The molecule has 3 heteroatoms. The van der Waals surface area contributed by atoms with Gasteiger partial charge in [-0.25, -0.2) is 4.39 Å². The van der Waals surface area contributed by atoms with Crippen molar-refractivity contribution >= 4 is 10.9 Å². The molecule has 0 unspecified atom stereocenters. The minimum Gasteiger partial charge on any atom is -0.486 e. The highest BCUT2D eigenvalue weighted by Crippen LogP contribution is 2.25. The average molecular weight is 255 g/mol. The molecule has 0 aliphatic rings. The van der Waals surface area contributed by atoms with Crippen molar-refractivity contribution in [3.63, 3.8) is 0 Å². The molecule has 0 radical (unpaired) electrons. The van der Waals surface area contributed by atoms with Crippen LogP contribution in [0.1, 0.15) is 5.56 Å². The second-order valence-corrected chi connectivity index (χ2v) is 4.54. The predicted octanol–water partition coefficient (Wildman–Crippen LogP) is 3.90. The fourth-order valence-corrected chi connectivity index (χ4v) is 2.12. The summed E-state index contributed by atoms with van der Waals surface area (Å²) in [6, 6.07) is 14.9. The van der Waals surface area contributed by atoms with Crippen molar-refractivity contribution in [1.29, 1.82) is 0 Å². The van der Waals surface area contributed by atoms with E-state index < -0.39 is 0 Å². The highest BCUT2D eigenvalue weighted by Gasteiger charge is 2.08. The maximum atomic E-state index is 13.9. The number of ether oxygens (including phenoxy) is 1. The largest absolute Gasteiger partial charge is 0.486 e. The lowest BCUT2D eigenvalue weighted by atomic mass is 10.2. The summed E-state index contributed by atoms with van der Waals surface area (Å²) in [5, 5.41) is 0.882. The van der Waals surface area contributed by atoms with Gasteiger partial charge in [-0.15, -0.1) is 0 Å². The summed E-state index contributed by atoms with van der Waals surface area (Å²) in [7, 11) is 1.93. The molecule has 0 aliphatic heterocycles. The van der Waals surface area contributed by atoms with Crippen molar-refractivity contribution in [2.45, 2.75) is 6.61 Å². The van der Waals surface area contributed by atoms with E-state index in [0.29, 0.717) is 6.61 Å². The number of benzene rings is 2. The van der Waals surface area contributed by atoms with Gasteiger partial charge in [-0.3, -0.25) is 0 Å². The van der Waals surface area contributed by atoms with Crippen LogP contribution in [-0.4, -0.2) is 4.57 Å². The summed E-state index contributed by atoms with van der Waals surface area (Å²) in [5.74, 6) is -0.0345. The fraction of sp³-hybridized carbons (Fsp3) is 0.125. The number of aromatic nitrogens is 1. The van der Waals surface area contributed by atoms with E-state index in [-0.39, 0.29) is 11.6 Å². The van der Waals surface area contributed by atoms with Crippen LogP contribution < -0.4 is 4.74 Å². The van der Waals surface area contributed by atoms with E-state index in [1.165, 1.54) is 6.07 Å². The Balaban J connectivity index is 1.88. The Hall–Kier alpha value is -2.29. The predicted molar refractivity (Wildman–Crippen MR) is 73.7 cm³/mol. The Morgan fingerprint density at radius 1 is 1.11 bits per heavy atom. The number of rotatable bonds is 3.